The lowest BCUT2D eigenvalue weighted by Gasteiger charge is -2.09. The van der Waals surface area contributed by atoms with Gasteiger partial charge in [0.15, 0.2) is 0 Å². The molecule has 0 bridgehead atoms. The van der Waals surface area contributed by atoms with Gasteiger partial charge in [0.2, 0.25) is 5.91 Å². The predicted octanol–water partition coefficient (Wildman–Crippen LogP) is 2.41. The van der Waals surface area contributed by atoms with Crippen LogP contribution in [0.4, 0.5) is 5.69 Å². The number of anilines is 1. The van der Waals surface area contributed by atoms with Crippen LogP contribution >= 0.6 is 0 Å². The van der Waals surface area contributed by atoms with Crippen LogP contribution in [0.15, 0.2) is 24.3 Å². The van der Waals surface area contributed by atoms with Crippen molar-refractivity contribution in [2.45, 2.75) is 26.7 Å². The predicted molar refractivity (Wildman–Crippen MR) is 73.1 cm³/mol. The fourth-order valence-electron chi connectivity index (χ4n) is 1.49. The molecule has 0 spiro atoms. The molecule has 1 atom stereocenters. The van der Waals surface area contributed by atoms with Gasteiger partial charge in [0.25, 0.3) is 0 Å². The van der Waals surface area contributed by atoms with Crippen LogP contribution < -0.4 is 5.32 Å². The summed E-state index contributed by atoms with van der Waals surface area (Å²) < 4.78 is 0. The monoisotopic (exact) mass is 245 g/mol. The second kappa shape index (κ2) is 7.52. The van der Waals surface area contributed by atoms with Crippen LogP contribution in [0.2, 0.25) is 0 Å². The van der Waals surface area contributed by atoms with Crippen molar-refractivity contribution in [2.75, 3.05) is 11.9 Å². The van der Waals surface area contributed by atoms with E-state index in [4.69, 9.17) is 5.11 Å². The van der Waals surface area contributed by atoms with Crippen LogP contribution in [0.1, 0.15) is 32.3 Å². The van der Waals surface area contributed by atoms with Crippen molar-refractivity contribution in [3.63, 3.8) is 0 Å². The average Bonchev–Trinajstić information content (AvgIpc) is 2.36. The third-order valence-electron chi connectivity index (χ3n) is 2.69. The fourth-order valence-corrected chi connectivity index (χ4v) is 1.49. The Bertz CT molecular complexity index is 457. The van der Waals surface area contributed by atoms with Gasteiger partial charge in [-0.1, -0.05) is 38.2 Å². The molecule has 0 aromatic heterocycles. The van der Waals surface area contributed by atoms with Gasteiger partial charge < -0.3 is 10.4 Å². The van der Waals surface area contributed by atoms with Gasteiger partial charge in [-0.3, -0.25) is 4.79 Å². The number of nitrogens with one attached hydrogen (secondary N) is 1. The first-order valence-corrected chi connectivity index (χ1v) is 6.15. The number of aliphatic hydroxyl groups excluding tert-OH is 1. The van der Waals surface area contributed by atoms with E-state index in [0.717, 1.165) is 17.7 Å². The molecule has 1 unspecified atom stereocenters. The van der Waals surface area contributed by atoms with Crippen molar-refractivity contribution in [2.24, 2.45) is 5.92 Å². The maximum atomic E-state index is 11.7. The van der Waals surface area contributed by atoms with Crippen LogP contribution in [-0.2, 0) is 4.79 Å². The molecule has 0 saturated carbocycles. The van der Waals surface area contributed by atoms with Crippen molar-refractivity contribution in [3.8, 4) is 11.8 Å². The Hall–Kier alpha value is -1.79. The Kier molecular flexibility index (Phi) is 5.96. The molecule has 18 heavy (non-hydrogen) atoms. The summed E-state index contributed by atoms with van der Waals surface area (Å²) in [7, 11) is 0. The molecular weight excluding hydrogens is 226 g/mol. The van der Waals surface area contributed by atoms with Gasteiger partial charge in [0.05, 0.1) is 0 Å². The lowest BCUT2D eigenvalue weighted by molar-refractivity contribution is -0.117. The van der Waals surface area contributed by atoms with E-state index < -0.39 is 0 Å². The summed E-state index contributed by atoms with van der Waals surface area (Å²) in [6, 6.07) is 7.31. The van der Waals surface area contributed by atoms with Crippen LogP contribution in [0.5, 0.6) is 0 Å². The van der Waals surface area contributed by atoms with Crippen molar-refractivity contribution < 1.29 is 9.90 Å². The number of amides is 1. The Morgan fingerprint density at radius 1 is 1.50 bits per heavy atom. The molecule has 1 aromatic carbocycles. The molecule has 0 fully saturated rings. The van der Waals surface area contributed by atoms with Gasteiger partial charge in [-0.25, -0.2) is 0 Å². The molecule has 0 saturated heterocycles. The highest BCUT2D eigenvalue weighted by atomic mass is 16.2. The number of rotatable bonds is 4. The first kappa shape index (κ1) is 14.3. The van der Waals surface area contributed by atoms with Gasteiger partial charge in [0, 0.05) is 17.7 Å². The molecule has 96 valence electrons. The molecule has 3 nitrogen and oxygen atoms in total. The molecule has 1 rings (SSSR count). The minimum atomic E-state index is -0.162. The molecule has 1 amide bonds. The highest BCUT2D eigenvalue weighted by Gasteiger charge is 2.07. The lowest BCUT2D eigenvalue weighted by atomic mass is 10.0. The van der Waals surface area contributed by atoms with E-state index in [1.807, 2.05) is 18.2 Å². The third kappa shape index (κ3) is 5.03. The first-order chi connectivity index (χ1) is 8.65. The van der Waals surface area contributed by atoms with E-state index in [9.17, 15) is 4.79 Å². The molecule has 0 radical (unpaired) electrons. The molecule has 0 aliphatic rings. The van der Waals surface area contributed by atoms with E-state index >= 15 is 0 Å². The zero-order valence-electron chi connectivity index (χ0n) is 10.9. The van der Waals surface area contributed by atoms with Crippen molar-refractivity contribution in [1.82, 2.24) is 0 Å². The molecule has 3 heteroatoms. The highest BCUT2D eigenvalue weighted by Crippen LogP contribution is 2.12. The van der Waals surface area contributed by atoms with E-state index in [1.165, 1.54) is 0 Å². The standard InChI is InChI=1S/C15H19NO2/c1-3-12(2)10-15(18)16-14-8-4-6-13(11-14)7-5-9-17/h4,6,8,11-12,17H,3,9-10H2,1-2H3,(H,16,18). The quantitative estimate of drug-likeness (QED) is 0.800. The summed E-state index contributed by atoms with van der Waals surface area (Å²) in [4.78, 5) is 11.7. The number of carbonyl (C=O) groups is 1. The molecule has 0 aliphatic heterocycles. The fraction of sp³-hybridized carbons (Fsp3) is 0.400. The van der Waals surface area contributed by atoms with Gasteiger partial charge in [-0.2, -0.15) is 0 Å². The molecule has 0 heterocycles. The number of aliphatic hydroxyl groups is 1. The van der Waals surface area contributed by atoms with Gasteiger partial charge >= 0.3 is 0 Å². The third-order valence-corrected chi connectivity index (χ3v) is 2.69. The molecule has 1 aromatic rings. The van der Waals surface area contributed by atoms with E-state index in [-0.39, 0.29) is 12.5 Å². The van der Waals surface area contributed by atoms with Crippen LogP contribution in [-0.4, -0.2) is 17.6 Å². The maximum absolute atomic E-state index is 11.7. The SMILES string of the molecule is CCC(C)CC(=O)Nc1cccc(C#CCO)c1. The number of hydrogen-bond donors (Lipinski definition) is 2. The van der Waals surface area contributed by atoms with Gasteiger partial charge in [-0.05, 0) is 24.1 Å². The smallest absolute Gasteiger partial charge is 0.224 e. The Morgan fingerprint density at radius 3 is 2.94 bits per heavy atom. The minimum Gasteiger partial charge on any atom is -0.384 e. The highest BCUT2D eigenvalue weighted by molar-refractivity contribution is 5.91. The van der Waals surface area contributed by atoms with Crippen LogP contribution in [0, 0.1) is 17.8 Å². The van der Waals surface area contributed by atoms with E-state index in [2.05, 4.69) is 31.0 Å². The van der Waals surface area contributed by atoms with Crippen LogP contribution in [0.3, 0.4) is 0 Å². The zero-order chi connectivity index (χ0) is 13.4. The summed E-state index contributed by atoms with van der Waals surface area (Å²) in [6.45, 7) is 3.97. The Balaban J connectivity index is 2.64. The average molecular weight is 245 g/mol. The van der Waals surface area contributed by atoms with Crippen LogP contribution in [0.25, 0.3) is 0 Å². The second-order valence-electron chi connectivity index (χ2n) is 4.31. The zero-order valence-corrected chi connectivity index (χ0v) is 10.9. The minimum absolute atomic E-state index is 0.0246. The number of hydrogen-bond acceptors (Lipinski definition) is 2. The summed E-state index contributed by atoms with van der Waals surface area (Å²) in [6.07, 6.45) is 1.53. The number of carbonyl (C=O) groups excluding carboxylic acids is 1. The van der Waals surface area contributed by atoms with E-state index in [1.54, 1.807) is 6.07 Å². The van der Waals surface area contributed by atoms with Crippen molar-refractivity contribution >= 4 is 11.6 Å². The summed E-state index contributed by atoms with van der Waals surface area (Å²) in [5, 5.41) is 11.5. The first-order valence-electron chi connectivity index (χ1n) is 6.15. The molecule has 2 N–H and O–H groups in total. The lowest BCUT2D eigenvalue weighted by Crippen LogP contribution is -2.14. The maximum Gasteiger partial charge on any atom is 0.224 e. The summed E-state index contributed by atoms with van der Waals surface area (Å²) >= 11 is 0. The summed E-state index contributed by atoms with van der Waals surface area (Å²) in [5.41, 5.74) is 1.53. The summed E-state index contributed by atoms with van der Waals surface area (Å²) in [5.74, 6) is 5.80. The Labute approximate surface area is 108 Å². The Morgan fingerprint density at radius 2 is 2.28 bits per heavy atom. The number of benzene rings is 1. The molecular formula is C15H19NO2. The topological polar surface area (TPSA) is 49.3 Å². The van der Waals surface area contributed by atoms with E-state index in [0.29, 0.717) is 12.3 Å². The largest absolute Gasteiger partial charge is 0.384 e. The van der Waals surface area contributed by atoms with Crippen molar-refractivity contribution in [1.29, 1.82) is 0 Å². The second-order valence-corrected chi connectivity index (χ2v) is 4.31. The van der Waals surface area contributed by atoms with Crippen molar-refractivity contribution in [3.05, 3.63) is 29.8 Å². The normalized spacial score (nSPS) is 11.3. The van der Waals surface area contributed by atoms with Gasteiger partial charge in [-0.15, -0.1) is 0 Å². The van der Waals surface area contributed by atoms with Gasteiger partial charge in [0.1, 0.15) is 6.61 Å². The molecule has 0 aliphatic carbocycles.